The molecular formula is C16H20N2OS. The van der Waals surface area contributed by atoms with Crippen molar-refractivity contribution in [1.82, 2.24) is 9.97 Å². The molecule has 3 nitrogen and oxygen atoms in total. The van der Waals surface area contributed by atoms with E-state index >= 15 is 0 Å². The van der Waals surface area contributed by atoms with E-state index in [1.54, 1.807) is 18.3 Å². The minimum atomic E-state index is 0.0246. The van der Waals surface area contributed by atoms with E-state index in [1.807, 2.05) is 19.2 Å². The van der Waals surface area contributed by atoms with Crippen molar-refractivity contribution in [3.8, 4) is 10.4 Å². The molecule has 2 rings (SSSR count). The Hall–Kier alpha value is -1.55. The number of hydrogen-bond donors (Lipinski definition) is 0. The van der Waals surface area contributed by atoms with Gasteiger partial charge in [0.25, 0.3) is 0 Å². The van der Waals surface area contributed by atoms with Gasteiger partial charge in [0.1, 0.15) is 10.8 Å². The number of pyridine rings is 1. The number of aryl methyl sites for hydroxylation is 1. The van der Waals surface area contributed by atoms with E-state index in [9.17, 15) is 4.79 Å². The molecule has 0 fully saturated rings. The molecule has 106 valence electrons. The van der Waals surface area contributed by atoms with Crippen molar-refractivity contribution in [2.45, 2.75) is 46.5 Å². The maximum absolute atomic E-state index is 11.2. The Morgan fingerprint density at radius 1 is 1.35 bits per heavy atom. The van der Waals surface area contributed by atoms with E-state index in [4.69, 9.17) is 0 Å². The maximum Gasteiger partial charge on any atom is 0.136 e. The van der Waals surface area contributed by atoms with Crippen LogP contribution >= 0.6 is 11.3 Å². The van der Waals surface area contributed by atoms with Crippen molar-refractivity contribution >= 4 is 17.1 Å². The molecule has 20 heavy (non-hydrogen) atoms. The largest absolute Gasteiger partial charge is 0.300 e. The zero-order chi connectivity index (χ0) is 14.9. The third-order valence-electron chi connectivity index (χ3n) is 3.03. The lowest BCUT2D eigenvalue weighted by Gasteiger charge is -2.18. The van der Waals surface area contributed by atoms with Crippen LogP contribution in [0.25, 0.3) is 10.4 Å². The summed E-state index contributed by atoms with van der Waals surface area (Å²) in [6.45, 7) is 10.0. The van der Waals surface area contributed by atoms with Crippen LogP contribution in [0.15, 0.2) is 18.3 Å². The first-order valence-electron chi connectivity index (χ1n) is 6.70. The van der Waals surface area contributed by atoms with Crippen molar-refractivity contribution in [3.05, 3.63) is 34.7 Å². The van der Waals surface area contributed by atoms with Gasteiger partial charge in [-0.1, -0.05) is 20.8 Å². The molecule has 0 amide bonds. The Morgan fingerprint density at radius 3 is 2.65 bits per heavy atom. The Morgan fingerprint density at radius 2 is 2.05 bits per heavy atom. The lowest BCUT2D eigenvalue weighted by Crippen LogP contribution is -2.13. The Bertz CT molecular complexity index is 638. The smallest absolute Gasteiger partial charge is 0.136 e. The minimum absolute atomic E-state index is 0.0246. The van der Waals surface area contributed by atoms with Gasteiger partial charge in [0.05, 0.1) is 17.0 Å². The first-order chi connectivity index (χ1) is 9.27. The normalized spacial score (nSPS) is 11.7. The van der Waals surface area contributed by atoms with Crippen LogP contribution < -0.4 is 0 Å². The number of hydrogen-bond acceptors (Lipinski definition) is 4. The fourth-order valence-electron chi connectivity index (χ4n) is 1.99. The first-order valence-corrected chi connectivity index (χ1v) is 7.51. The van der Waals surface area contributed by atoms with Gasteiger partial charge in [-0.15, -0.1) is 11.3 Å². The second-order valence-corrected chi connectivity index (χ2v) is 7.16. The number of thiazole rings is 1. The topological polar surface area (TPSA) is 42.9 Å². The van der Waals surface area contributed by atoms with Gasteiger partial charge in [-0.25, -0.2) is 4.98 Å². The summed E-state index contributed by atoms with van der Waals surface area (Å²) in [6.07, 6.45) is 2.27. The van der Waals surface area contributed by atoms with Gasteiger partial charge in [-0.3, -0.25) is 9.78 Å². The molecular weight excluding hydrogens is 268 g/mol. The summed E-state index contributed by atoms with van der Waals surface area (Å²) < 4.78 is 0. The molecule has 0 bridgehead atoms. The molecule has 2 aromatic rings. The Balaban J connectivity index is 2.41. The summed E-state index contributed by atoms with van der Waals surface area (Å²) in [5.41, 5.74) is 3.21. The Kier molecular flexibility index (Phi) is 4.04. The second kappa shape index (κ2) is 5.44. The molecule has 0 radical (unpaired) electrons. The summed E-state index contributed by atoms with van der Waals surface area (Å²) in [7, 11) is 0. The van der Waals surface area contributed by atoms with E-state index in [0.717, 1.165) is 26.8 Å². The lowest BCUT2D eigenvalue weighted by atomic mass is 9.90. The van der Waals surface area contributed by atoms with Gasteiger partial charge in [-0.2, -0.15) is 0 Å². The highest BCUT2D eigenvalue weighted by atomic mass is 32.1. The molecule has 0 aliphatic carbocycles. The zero-order valence-corrected chi connectivity index (χ0v) is 13.5. The van der Waals surface area contributed by atoms with Crippen LogP contribution in [0.5, 0.6) is 0 Å². The highest BCUT2D eigenvalue weighted by Gasteiger charge is 2.17. The molecule has 0 saturated carbocycles. The van der Waals surface area contributed by atoms with E-state index in [2.05, 4.69) is 36.8 Å². The summed E-state index contributed by atoms with van der Waals surface area (Å²) >= 11 is 1.60. The van der Waals surface area contributed by atoms with Crippen molar-refractivity contribution in [1.29, 1.82) is 0 Å². The van der Waals surface area contributed by atoms with Crippen LogP contribution in [0.2, 0.25) is 0 Å². The summed E-state index contributed by atoms with van der Waals surface area (Å²) in [5, 5.41) is 0.888. The van der Waals surface area contributed by atoms with Crippen LogP contribution in [0, 0.1) is 6.92 Å². The molecule has 2 aromatic heterocycles. The predicted molar refractivity (Wildman–Crippen MR) is 83.2 cm³/mol. The van der Waals surface area contributed by atoms with Crippen molar-refractivity contribution < 1.29 is 4.79 Å². The number of Topliss-reactive ketones (excluding diaryl/α,β-unsaturated/α-hetero) is 1. The molecule has 0 N–H and O–H groups in total. The standard InChI is InChI=1S/C16H20N2OS/c1-10(19)8-14-18-11(2)15(20-14)12-6-7-17-13(9-12)16(3,4)5/h6-7,9H,8H2,1-5H3. The van der Waals surface area contributed by atoms with Gasteiger partial charge in [0.15, 0.2) is 0 Å². The summed E-state index contributed by atoms with van der Waals surface area (Å²) in [4.78, 5) is 21.3. The Labute approximate surface area is 124 Å². The number of ketones is 1. The predicted octanol–water partition coefficient (Wildman–Crippen LogP) is 3.94. The van der Waals surface area contributed by atoms with E-state index in [0.29, 0.717) is 6.42 Å². The third kappa shape index (κ3) is 3.31. The van der Waals surface area contributed by atoms with Crippen molar-refractivity contribution in [3.63, 3.8) is 0 Å². The highest BCUT2D eigenvalue weighted by molar-refractivity contribution is 7.15. The van der Waals surface area contributed by atoms with Crippen molar-refractivity contribution in [2.24, 2.45) is 0 Å². The molecule has 0 aliphatic heterocycles. The fraction of sp³-hybridized carbons (Fsp3) is 0.438. The number of carbonyl (C=O) groups excluding carboxylic acids is 1. The molecule has 0 spiro atoms. The highest BCUT2D eigenvalue weighted by Crippen LogP contribution is 2.32. The molecule has 0 unspecified atom stereocenters. The molecule has 0 atom stereocenters. The zero-order valence-electron chi connectivity index (χ0n) is 12.7. The van der Waals surface area contributed by atoms with Gasteiger partial charge >= 0.3 is 0 Å². The summed E-state index contributed by atoms with van der Waals surface area (Å²) in [6, 6.07) is 4.13. The second-order valence-electron chi connectivity index (χ2n) is 6.08. The summed E-state index contributed by atoms with van der Waals surface area (Å²) in [5.74, 6) is 0.149. The van der Waals surface area contributed by atoms with E-state index in [1.165, 1.54) is 0 Å². The minimum Gasteiger partial charge on any atom is -0.300 e. The van der Waals surface area contributed by atoms with Gasteiger partial charge < -0.3 is 0 Å². The molecule has 0 saturated heterocycles. The number of nitrogens with zero attached hydrogens (tertiary/aromatic N) is 2. The van der Waals surface area contributed by atoms with Crippen molar-refractivity contribution in [2.75, 3.05) is 0 Å². The maximum atomic E-state index is 11.2. The monoisotopic (exact) mass is 288 g/mol. The van der Waals surface area contributed by atoms with Crippen LogP contribution in [-0.2, 0) is 16.6 Å². The van der Waals surface area contributed by atoms with Gasteiger partial charge in [0, 0.05) is 17.3 Å². The first kappa shape index (κ1) is 14.9. The lowest BCUT2D eigenvalue weighted by molar-refractivity contribution is -0.116. The third-order valence-corrected chi connectivity index (χ3v) is 4.24. The van der Waals surface area contributed by atoms with Crippen LogP contribution in [0.4, 0.5) is 0 Å². The number of aromatic nitrogens is 2. The average molecular weight is 288 g/mol. The SMILES string of the molecule is CC(=O)Cc1nc(C)c(-c2ccnc(C(C)(C)C)c2)s1. The molecule has 0 aromatic carbocycles. The van der Waals surface area contributed by atoms with Gasteiger partial charge in [-0.05, 0) is 31.5 Å². The number of rotatable bonds is 3. The quantitative estimate of drug-likeness (QED) is 0.859. The van der Waals surface area contributed by atoms with E-state index in [-0.39, 0.29) is 11.2 Å². The van der Waals surface area contributed by atoms with Crippen LogP contribution in [0.1, 0.15) is 44.1 Å². The average Bonchev–Trinajstić information content (AvgIpc) is 2.68. The molecule has 4 heteroatoms. The molecule has 0 aliphatic rings. The fourth-order valence-corrected chi connectivity index (χ4v) is 3.12. The van der Waals surface area contributed by atoms with Crippen LogP contribution in [0.3, 0.4) is 0 Å². The van der Waals surface area contributed by atoms with Gasteiger partial charge in [0.2, 0.25) is 0 Å². The van der Waals surface area contributed by atoms with Crippen LogP contribution in [-0.4, -0.2) is 15.8 Å². The number of carbonyl (C=O) groups is 1. The van der Waals surface area contributed by atoms with E-state index < -0.39 is 0 Å². The molecule has 2 heterocycles.